The summed E-state index contributed by atoms with van der Waals surface area (Å²) in [6.07, 6.45) is 4.88. The molecule has 0 N–H and O–H groups in total. The summed E-state index contributed by atoms with van der Waals surface area (Å²) >= 11 is 1.89. The molecule has 3 nitrogen and oxygen atoms in total. The monoisotopic (exact) mass is 956 g/mol. The van der Waals surface area contributed by atoms with Crippen LogP contribution in [0.4, 0.5) is 45.5 Å². The van der Waals surface area contributed by atoms with Gasteiger partial charge in [-0.05, 0) is 179 Å². The lowest BCUT2D eigenvalue weighted by Crippen LogP contribution is -2.61. The van der Waals surface area contributed by atoms with Gasteiger partial charge in [-0.3, -0.25) is 0 Å². The Morgan fingerprint density at radius 2 is 1.11 bits per heavy atom. The predicted molar refractivity (Wildman–Crippen MR) is 313 cm³/mol. The summed E-state index contributed by atoms with van der Waals surface area (Å²) < 4.78 is 2.65. The maximum Gasteiger partial charge on any atom is 0.252 e. The molecule has 3 aliphatic heterocycles. The van der Waals surface area contributed by atoms with Gasteiger partial charge in [0, 0.05) is 71.0 Å². The first-order chi connectivity index (χ1) is 34.4. The highest BCUT2D eigenvalue weighted by atomic mass is 32.1. The second-order valence-electron chi connectivity index (χ2n) is 24.3. The van der Waals surface area contributed by atoms with Gasteiger partial charge in [0.05, 0.1) is 11.2 Å². The molecule has 0 bridgehead atoms. The Labute approximate surface area is 432 Å². The van der Waals surface area contributed by atoms with E-state index in [-0.39, 0.29) is 28.5 Å². The van der Waals surface area contributed by atoms with Crippen molar-refractivity contribution in [2.75, 3.05) is 14.7 Å². The number of thiophene rings is 1. The van der Waals surface area contributed by atoms with Crippen LogP contribution in [0.1, 0.15) is 114 Å². The fourth-order valence-electron chi connectivity index (χ4n) is 13.9. The molecule has 8 aromatic carbocycles. The maximum atomic E-state index is 2.80. The van der Waals surface area contributed by atoms with Crippen molar-refractivity contribution in [3.05, 3.63) is 185 Å². The zero-order chi connectivity index (χ0) is 49.8. The van der Waals surface area contributed by atoms with Crippen molar-refractivity contribution in [1.29, 1.82) is 0 Å². The van der Waals surface area contributed by atoms with E-state index in [1.807, 2.05) is 11.3 Å². The van der Waals surface area contributed by atoms with E-state index in [2.05, 4.69) is 243 Å². The van der Waals surface area contributed by atoms with Gasteiger partial charge < -0.3 is 14.7 Å². The van der Waals surface area contributed by atoms with Crippen LogP contribution in [0.25, 0.3) is 31.3 Å². The quantitative estimate of drug-likeness (QED) is 0.163. The van der Waals surface area contributed by atoms with Crippen molar-refractivity contribution >= 4 is 100 Å². The van der Waals surface area contributed by atoms with Crippen LogP contribution in [0, 0.1) is 20.8 Å². The molecule has 13 rings (SSSR count). The summed E-state index contributed by atoms with van der Waals surface area (Å²) in [7, 11) is 0. The third kappa shape index (κ3) is 6.54. The number of rotatable bonds is 4. The molecule has 1 aliphatic carbocycles. The van der Waals surface area contributed by atoms with Crippen molar-refractivity contribution in [1.82, 2.24) is 0 Å². The second-order valence-corrected chi connectivity index (χ2v) is 25.4. The first-order valence-electron chi connectivity index (χ1n) is 26.5. The number of nitrogens with zero attached hydrogens (tertiary/aromatic N) is 3. The largest absolute Gasteiger partial charge is 0.334 e. The summed E-state index contributed by atoms with van der Waals surface area (Å²) in [6, 6.07) is 59.5. The van der Waals surface area contributed by atoms with Crippen LogP contribution in [-0.4, -0.2) is 12.3 Å². The first kappa shape index (κ1) is 45.3. The van der Waals surface area contributed by atoms with Gasteiger partial charge in [0.15, 0.2) is 0 Å². The van der Waals surface area contributed by atoms with Gasteiger partial charge in [-0.15, -0.1) is 11.3 Å². The van der Waals surface area contributed by atoms with E-state index in [4.69, 9.17) is 0 Å². The Bertz CT molecular complexity index is 3720. The highest BCUT2D eigenvalue weighted by molar-refractivity contribution is 7.25. The minimum absolute atomic E-state index is 0.00165. The van der Waals surface area contributed by atoms with Crippen LogP contribution in [0.15, 0.2) is 152 Å². The highest BCUT2D eigenvalue weighted by Gasteiger charge is 2.58. The summed E-state index contributed by atoms with van der Waals surface area (Å²) in [5.41, 5.74) is 24.7. The van der Waals surface area contributed by atoms with Crippen LogP contribution >= 0.6 is 11.3 Å². The Morgan fingerprint density at radius 1 is 0.500 bits per heavy atom. The predicted octanol–water partition coefficient (Wildman–Crippen LogP) is 17.1. The fraction of sp³-hybridized carbons (Fsp3) is 0.284. The lowest BCUT2D eigenvalue weighted by Gasteiger charge is -2.51. The molecule has 0 amide bonds. The molecule has 2 unspecified atom stereocenters. The third-order valence-corrected chi connectivity index (χ3v) is 18.8. The van der Waals surface area contributed by atoms with Gasteiger partial charge in [-0.25, -0.2) is 0 Å². The van der Waals surface area contributed by atoms with E-state index >= 15 is 0 Å². The lowest BCUT2D eigenvalue weighted by atomic mass is 9.33. The van der Waals surface area contributed by atoms with E-state index in [1.165, 1.54) is 140 Å². The van der Waals surface area contributed by atoms with Gasteiger partial charge in [-0.1, -0.05) is 140 Å². The molecular weight excluding hydrogens is 890 g/mol. The van der Waals surface area contributed by atoms with Gasteiger partial charge >= 0.3 is 0 Å². The third-order valence-electron chi connectivity index (χ3n) is 17.7. The van der Waals surface area contributed by atoms with Gasteiger partial charge in [0.25, 0.3) is 6.71 Å². The van der Waals surface area contributed by atoms with Crippen molar-refractivity contribution < 1.29 is 0 Å². The smallest absolute Gasteiger partial charge is 0.252 e. The van der Waals surface area contributed by atoms with E-state index in [0.29, 0.717) is 0 Å². The molecule has 1 aromatic heterocycles. The SMILES string of the molecule is Cc1cc2c3c(c1)N(c1ccc(C(C)(C)C)cc1-c1ccccc1)c1cc(C(C)(C)C)ccc1B3c1ccc(N3c4cc(C)cc(C)c4C4(C)CCCCC34C)cc1N2c1ccc2sc3ccccc3c2c1. The summed E-state index contributed by atoms with van der Waals surface area (Å²) in [5.74, 6) is 0. The van der Waals surface area contributed by atoms with Gasteiger partial charge in [0.2, 0.25) is 0 Å². The van der Waals surface area contributed by atoms with Crippen LogP contribution in [0.5, 0.6) is 0 Å². The van der Waals surface area contributed by atoms with Crippen molar-refractivity contribution in [3.8, 4) is 11.1 Å². The Kier molecular flexibility index (Phi) is 9.90. The number of hydrogen-bond acceptors (Lipinski definition) is 4. The van der Waals surface area contributed by atoms with Gasteiger partial charge in [-0.2, -0.15) is 0 Å². The standard InChI is InChI=1S/C67H66BN3S/c1-41-33-43(3)62-57(34-41)71(67(11)32-18-17-31-66(62,67)10)48-25-28-53-56(40-48)69(47-26-30-61-51(39-47)49-21-15-16-22-60(49)72-61)58-35-42(2)36-59-63(58)68(53)52-27-23-46(65(7,8)9)38-55(52)70(59)54-29-24-45(64(4,5)6)37-50(54)44-19-13-12-14-20-44/h12-16,19-30,33-40H,17-18,31-32H2,1-11H3. The lowest BCUT2D eigenvalue weighted by molar-refractivity contribution is 0.194. The van der Waals surface area contributed by atoms with E-state index in [0.717, 1.165) is 6.42 Å². The summed E-state index contributed by atoms with van der Waals surface area (Å²) in [6.45, 7) is 26.2. The normalized spacial score (nSPS) is 19.1. The van der Waals surface area contributed by atoms with Gasteiger partial charge in [0.1, 0.15) is 0 Å². The van der Waals surface area contributed by atoms with Crippen LogP contribution in [0.3, 0.4) is 0 Å². The van der Waals surface area contributed by atoms with Crippen molar-refractivity contribution in [2.45, 2.75) is 124 Å². The molecule has 72 heavy (non-hydrogen) atoms. The number of aryl methyl sites for hydroxylation is 3. The zero-order valence-corrected chi connectivity index (χ0v) is 44.9. The Morgan fingerprint density at radius 3 is 1.88 bits per heavy atom. The number of anilines is 8. The molecular formula is C67H66BN3S. The molecule has 0 spiro atoms. The molecule has 0 radical (unpaired) electrons. The molecule has 4 heterocycles. The van der Waals surface area contributed by atoms with E-state index in [9.17, 15) is 0 Å². The molecule has 1 fully saturated rings. The molecule has 9 aromatic rings. The maximum absolute atomic E-state index is 2.80. The molecule has 4 aliphatic rings. The summed E-state index contributed by atoms with van der Waals surface area (Å²) in [4.78, 5) is 8.10. The van der Waals surface area contributed by atoms with Crippen LogP contribution < -0.4 is 31.1 Å². The fourth-order valence-corrected chi connectivity index (χ4v) is 15.0. The highest BCUT2D eigenvalue weighted by Crippen LogP contribution is 2.62. The zero-order valence-electron chi connectivity index (χ0n) is 44.1. The molecule has 1 saturated carbocycles. The number of hydrogen-bond donors (Lipinski definition) is 0. The van der Waals surface area contributed by atoms with E-state index in [1.54, 1.807) is 5.56 Å². The number of fused-ring (bicyclic) bond motifs is 10. The topological polar surface area (TPSA) is 9.72 Å². The minimum atomic E-state index is -0.0731. The minimum Gasteiger partial charge on any atom is -0.334 e. The molecule has 5 heteroatoms. The van der Waals surface area contributed by atoms with E-state index < -0.39 is 0 Å². The Balaban J connectivity index is 1.12. The average Bonchev–Trinajstić information content (AvgIpc) is 3.82. The van der Waals surface area contributed by atoms with Crippen LogP contribution in [-0.2, 0) is 16.2 Å². The molecule has 358 valence electrons. The Hall–Kier alpha value is -6.56. The molecule has 2 atom stereocenters. The van der Waals surface area contributed by atoms with Crippen molar-refractivity contribution in [3.63, 3.8) is 0 Å². The first-order valence-corrected chi connectivity index (χ1v) is 27.3. The average molecular weight is 956 g/mol. The second kappa shape index (κ2) is 15.7. The molecule has 0 saturated heterocycles. The summed E-state index contributed by atoms with van der Waals surface area (Å²) in [5, 5.41) is 2.63. The van der Waals surface area contributed by atoms with Crippen LogP contribution in [0.2, 0.25) is 0 Å². The number of benzene rings is 8. The van der Waals surface area contributed by atoms with Crippen molar-refractivity contribution in [2.24, 2.45) is 0 Å².